The molecule has 0 aliphatic rings. The molecule has 3 aromatic rings. The van der Waals surface area contributed by atoms with Gasteiger partial charge in [-0.15, -0.1) is 0 Å². The van der Waals surface area contributed by atoms with E-state index in [2.05, 4.69) is 9.84 Å². The molecular formula is C17H12F4N2O2. The van der Waals surface area contributed by atoms with E-state index in [-0.39, 0.29) is 17.8 Å². The smallest absolute Gasteiger partial charge is 0.416 e. The third-order valence-corrected chi connectivity index (χ3v) is 3.71. The molecule has 0 saturated heterocycles. The molecule has 0 aliphatic heterocycles. The normalized spacial score (nSPS) is 11.7. The van der Waals surface area contributed by atoms with E-state index in [0.29, 0.717) is 23.0 Å². The predicted octanol–water partition coefficient (Wildman–Crippen LogP) is 4.03. The van der Waals surface area contributed by atoms with E-state index < -0.39 is 23.5 Å². The number of carbonyl (C=O) groups excluding carboxylic acids is 1. The number of alkyl halides is 3. The van der Waals surface area contributed by atoms with Gasteiger partial charge in [-0.2, -0.15) is 18.3 Å². The monoisotopic (exact) mass is 352 g/mol. The molecule has 3 rings (SSSR count). The number of para-hydroxylation sites is 1. The van der Waals surface area contributed by atoms with Crippen LogP contribution in [-0.2, 0) is 22.3 Å². The minimum absolute atomic E-state index is 0.0307. The predicted molar refractivity (Wildman–Crippen MR) is 82.1 cm³/mol. The Morgan fingerprint density at radius 1 is 1.20 bits per heavy atom. The molecule has 1 aromatic heterocycles. The lowest BCUT2D eigenvalue weighted by molar-refractivity contribution is -0.141. The lowest BCUT2D eigenvalue weighted by Gasteiger charge is -2.08. The minimum Gasteiger partial charge on any atom is -0.468 e. The van der Waals surface area contributed by atoms with Crippen molar-refractivity contribution in [2.24, 2.45) is 0 Å². The average Bonchev–Trinajstić information content (AvgIpc) is 2.93. The molecule has 0 bridgehead atoms. The lowest BCUT2D eigenvalue weighted by Crippen LogP contribution is -2.12. The van der Waals surface area contributed by atoms with Crippen molar-refractivity contribution in [2.45, 2.75) is 12.7 Å². The molecule has 0 saturated carbocycles. The van der Waals surface area contributed by atoms with Crippen molar-refractivity contribution >= 4 is 16.9 Å². The first-order chi connectivity index (χ1) is 11.8. The first-order valence-corrected chi connectivity index (χ1v) is 7.20. The molecule has 0 aliphatic carbocycles. The Hall–Kier alpha value is -2.90. The highest BCUT2D eigenvalue weighted by Crippen LogP contribution is 2.35. The first kappa shape index (κ1) is 16.9. The van der Waals surface area contributed by atoms with Crippen LogP contribution >= 0.6 is 0 Å². The fraction of sp³-hybridized carbons (Fsp3) is 0.176. The van der Waals surface area contributed by atoms with Crippen molar-refractivity contribution in [3.8, 4) is 11.3 Å². The zero-order valence-electron chi connectivity index (χ0n) is 13.0. The number of hydrogen-bond donors (Lipinski definition) is 0. The molecule has 0 N–H and O–H groups in total. The quantitative estimate of drug-likeness (QED) is 0.528. The summed E-state index contributed by atoms with van der Waals surface area (Å²) in [6, 6.07) is 8.72. The van der Waals surface area contributed by atoms with Gasteiger partial charge >= 0.3 is 12.1 Å². The topological polar surface area (TPSA) is 44.1 Å². The standard InChI is InChI=1S/C17H12F4N2O2/c1-25-15(24)9-23-14-5-3-2-4-11(14)16(22-23)12-8-10(17(19,20)21)6-7-13(12)18/h2-8H,9H2,1H3. The Labute approximate surface area is 139 Å². The summed E-state index contributed by atoms with van der Waals surface area (Å²) in [6.07, 6.45) is -4.60. The first-order valence-electron chi connectivity index (χ1n) is 7.20. The number of carbonyl (C=O) groups is 1. The van der Waals surface area contributed by atoms with Crippen LogP contribution in [0.4, 0.5) is 17.6 Å². The maximum Gasteiger partial charge on any atom is 0.416 e. The van der Waals surface area contributed by atoms with Crippen LogP contribution in [0, 0.1) is 5.82 Å². The van der Waals surface area contributed by atoms with Gasteiger partial charge in [0, 0.05) is 10.9 Å². The van der Waals surface area contributed by atoms with E-state index in [0.717, 1.165) is 6.07 Å². The highest BCUT2D eigenvalue weighted by Gasteiger charge is 2.31. The second kappa shape index (κ2) is 6.19. The van der Waals surface area contributed by atoms with Crippen molar-refractivity contribution in [1.82, 2.24) is 9.78 Å². The Morgan fingerprint density at radius 2 is 1.92 bits per heavy atom. The van der Waals surface area contributed by atoms with Crippen LogP contribution in [0.3, 0.4) is 0 Å². The third-order valence-electron chi connectivity index (χ3n) is 3.71. The number of esters is 1. The van der Waals surface area contributed by atoms with Crippen LogP contribution < -0.4 is 0 Å². The molecule has 2 aromatic carbocycles. The summed E-state index contributed by atoms with van der Waals surface area (Å²) in [5.41, 5.74) is -0.743. The Kier molecular flexibility index (Phi) is 4.20. The maximum atomic E-state index is 14.2. The number of fused-ring (bicyclic) bond motifs is 1. The Bertz CT molecular complexity index is 947. The minimum atomic E-state index is -4.60. The van der Waals surface area contributed by atoms with Gasteiger partial charge in [0.05, 0.1) is 18.2 Å². The van der Waals surface area contributed by atoms with Crippen LogP contribution in [-0.4, -0.2) is 22.9 Å². The van der Waals surface area contributed by atoms with Crippen molar-refractivity contribution in [3.63, 3.8) is 0 Å². The molecule has 0 amide bonds. The van der Waals surface area contributed by atoms with Gasteiger partial charge in [-0.1, -0.05) is 18.2 Å². The number of ether oxygens (including phenoxy) is 1. The molecule has 25 heavy (non-hydrogen) atoms. The fourth-order valence-electron chi connectivity index (χ4n) is 2.52. The van der Waals surface area contributed by atoms with Gasteiger partial charge in [0.2, 0.25) is 0 Å². The largest absolute Gasteiger partial charge is 0.468 e. The number of halogens is 4. The summed E-state index contributed by atoms with van der Waals surface area (Å²) < 4.78 is 58.9. The van der Waals surface area contributed by atoms with Gasteiger partial charge in [0.25, 0.3) is 0 Å². The van der Waals surface area contributed by atoms with E-state index in [1.807, 2.05) is 0 Å². The molecule has 0 spiro atoms. The van der Waals surface area contributed by atoms with Gasteiger partial charge in [0.15, 0.2) is 0 Å². The molecule has 0 unspecified atom stereocenters. The second-order valence-electron chi connectivity index (χ2n) is 5.29. The van der Waals surface area contributed by atoms with Gasteiger partial charge in [-0.3, -0.25) is 9.48 Å². The van der Waals surface area contributed by atoms with Crippen LogP contribution in [0.15, 0.2) is 42.5 Å². The summed E-state index contributed by atoms with van der Waals surface area (Å²) >= 11 is 0. The third kappa shape index (κ3) is 3.19. The van der Waals surface area contributed by atoms with E-state index in [1.54, 1.807) is 24.3 Å². The van der Waals surface area contributed by atoms with E-state index in [9.17, 15) is 22.4 Å². The molecule has 8 heteroatoms. The summed E-state index contributed by atoms with van der Waals surface area (Å²) in [4.78, 5) is 11.5. The van der Waals surface area contributed by atoms with E-state index in [4.69, 9.17) is 0 Å². The summed E-state index contributed by atoms with van der Waals surface area (Å²) in [5.74, 6) is -1.41. The summed E-state index contributed by atoms with van der Waals surface area (Å²) in [6.45, 7) is -0.238. The summed E-state index contributed by atoms with van der Waals surface area (Å²) in [5, 5.41) is 4.57. The SMILES string of the molecule is COC(=O)Cn1nc(-c2cc(C(F)(F)F)ccc2F)c2ccccc21. The number of rotatable bonds is 3. The van der Waals surface area contributed by atoms with Crippen molar-refractivity contribution in [3.05, 3.63) is 53.8 Å². The fourth-order valence-corrected chi connectivity index (χ4v) is 2.52. The van der Waals surface area contributed by atoms with Crippen molar-refractivity contribution < 1.29 is 27.1 Å². The average molecular weight is 352 g/mol. The Morgan fingerprint density at radius 3 is 2.60 bits per heavy atom. The van der Waals surface area contributed by atoms with Gasteiger partial charge in [-0.05, 0) is 24.3 Å². The molecule has 4 nitrogen and oxygen atoms in total. The van der Waals surface area contributed by atoms with Crippen molar-refractivity contribution in [2.75, 3.05) is 7.11 Å². The summed E-state index contributed by atoms with van der Waals surface area (Å²) in [7, 11) is 1.21. The number of methoxy groups -OCH3 is 1. The highest BCUT2D eigenvalue weighted by molar-refractivity contribution is 5.94. The van der Waals surface area contributed by atoms with E-state index >= 15 is 0 Å². The zero-order chi connectivity index (χ0) is 18.2. The second-order valence-corrected chi connectivity index (χ2v) is 5.29. The van der Waals surface area contributed by atoms with Gasteiger partial charge in [0.1, 0.15) is 18.1 Å². The highest BCUT2D eigenvalue weighted by atomic mass is 19.4. The number of nitrogens with zero attached hydrogens (tertiary/aromatic N) is 2. The van der Waals surface area contributed by atoms with Crippen LogP contribution in [0.5, 0.6) is 0 Å². The zero-order valence-corrected chi connectivity index (χ0v) is 13.0. The lowest BCUT2D eigenvalue weighted by atomic mass is 10.0. The molecule has 1 heterocycles. The van der Waals surface area contributed by atoms with E-state index in [1.165, 1.54) is 11.8 Å². The Balaban J connectivity index is 2.21. The number of aromatic nitrogens is 2. The number of benzene rings is 2. The number of hydrogen-bond acceptors (Lipinski definition) is 3. The maximum absolute atomic E-state index is 14.2. The molecule has 0 atom stereocenters. The van der Waals surface area contributed by atoms with Gasteiger partial charge < -0.3 is 4.74 Å². The molecular weight excluding hydrogens is 340 g/mol. The molecule has 130 valence electrons. The van der Waals surface area contributed by atoms with Gasteiger partial charge in [-0.25, -0.2) is 4.39 Å². The van der Waals surface area contributed by atoms with Crippen LogP contribution in [0.25, 0.3) is 22.2 Å². The van der Waals surface area contributed by atoms with Crippen molar-refractivity contribution in [1.29, 1.82) is 0 Å². The van der Waals surface area contributed by atoms with Crippen LogP contribution in [0.2, 0.25) is 0 Å². The molecule has 0 radical (unpaired) electrons. The molecule has 0 fully saturated rings. The van der Waals surface area contributed by atoms with Crippen LogP contribution in [0.1, 0.15) is 5.56 Å².